The minimum Gasteiger partial charge on any atom is -0.367 e. The van der Waals surface area contributed by atoms with Crippen LogP contribution in [0.5, 0.6) is 0 Å². The van der Waals surface area contributed by atoms with Crippen LogP contribution in [-0.2, 0) is 5.41 Å². The number of anilines is 1. The van der Waals surface area contributed by atoms with Gasteiger partial charge in [0.1, 0.15) is 11.6 Å². The Morgan fingerprint density at radius 3 is 2.67 bits per heavy atom. The minimum atomic E-state index is -2.99. The average Bonchev–Trinajstić information content (AvgIpc) is 2.59. The van der Waals surface area contributed by atoms with Crippen LogP contribution in [0.2, 0.25) is 5.02 Å². The molecule has 2 aromatic rings. The molecule has 2 N–H and O–H groups in total. The van der Waals surface area contributed by atoms with E-state index >= 15 is 0 Å². The maximum atomic E-state index is 14.2. The van der Waals surface area contributed by atoms with E-state index in [4.69, 9.17) is 17.3 Å². The summed E-state index contributed by atoms with van der Waals surface area (Å²) in [5.41, 5.74) is 4.59. The van der Waals surface area contributed by atoms with Gasteiger partial charge in [0.15, 0.2) is 0 Å². The minimum absolute atomic E-state index is 0.0257. The van der Waals surface area contributed by atoms with Crippen molar-refractivity contribution in [2.24, 2.45) is 0 Å². The number of nitrogens with two attached hydrogens (primary N) is 1. The molecule has 21 heavy (non-hydrogen) atoms. The molecule has 2 heterocycles. The third kappa shape index (κ3) is 1.72. The monoisotopic (exact) mass is 311 g/mol. The molecule has 0 aromatic carbocycles. The number of hydrogen-bond acceptors (Lipinski definition) is 4. The van der Waals surface area contributed by atoms with Gasteiger partial charge in [0, 0.05) is 6.92 Å². The van der Waals surface area contributed by atoms with E-state index in [2.05, 4.69) is 10.1 Å². The van der Waals surface area contributed by atoms with Gasteiger partial charge in [0.2, 0.25) is 5.95 Å². The Morgan fingerprint density at radius 1 is 1.52 bits per heavy atom. The van der Waals surface area contributed by atoms with E-state index in [1.807, 2.05) is 6.07 Å². The lowest BCUT2D eigenvalue weighted by Gasteiger charge is -2.45. The van der Waals surface area contributed by atoms with Crippen molar-refractivity contribution in [1.29, 1.82) is 5.26 Å². The van der Waals surface area contributed by atoms with E-state index in [0.29, 0.717) is 11.9 Å². The van der Waals surface area contributed by atoms with E-state index < -0.39 is 11.3 Å². The van der Waals surface area contributed by atoms with Crippen LogP contribution < -0.4 is 5.73 Å². The molecular formula is C13H12ClF2N5. The van der Waals surface area contributed by atoms with Crippen LogP contribution in [0.15, 0.2) is 6.20 Å². The van der Waals surface area contributed by atoms with Gasteiger partial charge in [-0.05, 0) is 12.8 Å². The van der Waals surface area contributed by atoms with Crippen molar-refractivity contribution in [2.75, 3.05) is 5.73 Å². The molecule has 0 atom stereocenters. The lowest BCUT2D eigenvalue weighted by Crippen LogP contribution is -2.50. The highest BCUT2D eigenvalue weighted by molar-refractivity contribution is 6.35. The SMILES string of the molecule is CC(F)(F)C1(c2c(C#N)c(Cl)c3cnc(N)nn23)CCC1. The Labute approximate surface area is 124 Å². The molecule has 1 aliphatic rings. The molecule has 0 saturated heterocycles. The van der Waals surface area contributed by atoms with Crippen LogP contribution in [0.25, 0.3) is 5.52 Å². The van der Waals surface area contributed by atoms with Gasteiger partial charge in [-0.1, -0.05) is 18.0 Å². The quantitative estimate of drug-likeness (QED) is 0.924. The van der Waals surface area contributed by atoms with Crippen molar-refractivity contribution in [3.63, 3.8) is 0 Å². The van der Waals surface area contributed by atoms with Gasteiger partial charge in [-0.25, -0.2) is 18.3 Å². The number of hydrogen-bond donors (Lipinski definition) is 1. The van der Waals surface area contributed by atoms with Gasteiger partial charge in [0.25, 0.3) is 5.92 Å². The van der Waals surface area contributed by atoms with Crippen LogP contribution in [0.3, 0.4) is 0 Å². The first-order valence-corrected chi connectivity index (χ1v) is 6.81. The predicted octanol–water partition coefficient (Wildman–Crippen LogP) is 2.91. The van der Waals surface area contributed by atoms with Gasteiger partial charge < -0.3 is 5.73 Å². The highest BCUT2D eigenvalue weighted by Gasteiger charge is 2.58. The number of halogens is 3. The predicted molar refractivity (Wildman–Crippen MR) is 73.3 cm³/mol. The smallest absolute Gasteiger partial charge is 0.256 e. The molecule has 0 bridgehead atoms. The number of nitrogen functional groups attached to an aromatic ring is 1. The largest absolute Gasteiger partial charge is 0.367 e. The fraction of sp³-hybridized carbons (Fsp3) is 0.462. The summed E-state index contributed by atoms with van der Waals surface area (Å²) in [4.78, 5) is 3.81. The maximum Gasteiger partial charge on any atom is 0.256 e. The van der Waals surface area contributed by atoms with E-state index in [9.17, 15) is 14.0 Å². The number of nitrogens with zero attached hydrogens (tertiary/aromatic N) is 4. The molecule has 3 rings (SSSR count). The zero-order valence-electron chi connectivity index (χ0n) is 11.2. The molecule has 1 aliphatic carbocycles. The highest BCUT2D eigenvalue weighted by Crippen LogP contribution is 2.55. The van der Waals surface area contributed by atoms with Gasteiger partial charge in [0.05, 0.1) is 27.9 Å². The molecule has 1 fully saturated rings. The molecule has 5 nitrogen and oxygen atoms in total. The summed E-state index contributed by atoms with van der Waals surface area (Å²) in [5, 5.41) is 13.4. The van der Waals surface area contributed by atoms with Crippen molar-refractivity contribution < 1.29 is 8.78 Å². The van der Waals surface area contributed by atoms with E-state index in [1.54, 1.807) is 0 Å². The normalized spacial score (nSPS) is 17.5. The standard InChI is InChI=1S/C13H12ClF2N5/c1-12(15,16)13(3-2-4-13)10-7(5-17)9(14)8-6-19-11(18)20-21(8)10/h6H,2-4H2,1H3,(H2,18,20). The van der Waals surface area contributed by atoms with Crippen molar-refractivity contribution in [1.82, 2.24) is 14.6 Å². The Bertz CT molecular complexity index is 767. The summed E-state index contributed by atoms with van der Waals surface area (Å²) in [7, 11) is 0. The van der Waals surface area contributed by atoms with Crippen LogP contribution in [0, 0.1) is 11.3 Å². The molecule has 0 amide bonds. The lowest BCUT2D eigenvalue weighted by molar-refractivity contribution is -0.0997. The van der Waals surface area contributed by atoms with Crippen LogP contribution in [-0.4, -0.2) is 20.5 Å². The third-order valence-electron chi connectivity index (χ3n) is 4.26. The molecule has 1 saturated carbocycles. The Kier molecular flexibility index (Phi) is 2.85. The van der Waals surface area contributed by atoms with Crippen molar-refractivity contribution in [3.8, 4) is 6.07 Å². The maximum absolute atomic E-state index is 14.2. The zero-order chi connectivity index (χ0) is 15.4. The highest BCUT2D eigenvalue weighted by atomic mass is 35.5. The number of rotatable bonds is 2. The fourth-order valence-corrected chi connectivity index (χ4v) is 3.24. The van der Waals surface area contributed by atoms with Gasteiger partial charge in [-0.3, -0.25) is 0 Å². The topological polar surface area (TPSA) is 80.0 Å². The molecule has 0 radical (unpaired) electrons. The molecule has 2 aromatic heterocycles. The number of aromatic nitrogens is 3. The number of alkyl halides is 2. The Hall–Kier alpha value is -1.94. The van der Waals surface area contributed by atoms with Crippen molar-refractivity contribution in [3.05, 3.63) is 22.5 Å². The first kappa shape index (κ1) is 14.0. The van der Waals surface area contributed by atoms with Gasteiger partial charge >= 0.3 is 0 Å². The summed E-state index contributed by atoms with van der Waals surface area (Å²) in [6.45, 7) is 0.866. The van der Waals surface area contributed by atoms with E-state index in [-0.39, 0.29) is 35.1 Å². The molecule has 0 spiro atoms. The number of nitriles is 1. The third-order valence-corrected chi connectivity index (χ3v) is 4.64. The van der Waals surface area contributed by atoms with Gasteiger partial charge in [-0.2, -0.15) is 5.26 Å². The Balaban J connectivity index is 2.42. The molecular weight excluding hydrogens is 300 g/mol. The van der Waals surface area contributed by atoms with Crippen LogP contribution >= 0.6 is 11.6 Å². The second kappa shape index (κ2) is 4.28. The Morgan fingerprint density at radius 2 is 2.19 bits per heavy atom. The second-order valence-electron chi connectivity index (χ2n) is 5.39. The summed E-state index contributed by atoms with van der Waals surface area (Å²) in [5.74, 6) is -3.05. The summed E-state index contributed by atoms with van der Waals surface area (Å²) >= 11 is 6.14. The van der Waals surface area contributed by atoms with E-state index in [0.717, 1.165) is 6.92 Å². The molecule has 0 unspecified atom stereocenters. The second-order valence-corrected chi connectivity index (χ2v) is 5.76. The molecule has 110 valence electrons. The summed E-state index contributed by atoms with van der Waals surface area (Å²) in [6.07, 6.45) is 2.56. The zero-order valence-corrected chi connectivity index (χ0v) is 12.0. The first-order valence-electron chi connectivity index (χ1n) is 6.43. The number of fused-ring (bicyclic) bond motifs is 1. The van der Waals surface area contributed by atoms with Gasteiger partial charge in [-0.15, -0.1) is 5.10 Å². The molecule has 8 heteroatoms. The average molecular weight is 312 g/mol. The van der Waals surface area contributed by atoms with Crippen LogP contribution in [0.4, 0.5) is 14.7 Å². The van der Waals surface area contributed by atoms with E-state index in [1.165, 1.54) is 10.7 Å². The molecule has 0 aliphatic heterocycles. The first-order chi connectivity index (χ1) is 9.82. The van der Waals surface area contributed by atoms with Crippen LogP contribution in [0.1, 0.15) is 37.4 Å². The van der Waals surface area contributed by atoms with Crippen molar-refractivity contribution >= 4 is 23.1 Å². The summed E-state index contributed by atoms with van der Waals surface area (Å²) < 4.78 is 29.7. The summed E-state index contributed by atoms with van der Waals surface area (Å²) in [6, 6.07) is 1.92. The fourth-order valence-electron chi connectivity index (χ4n) is 2.98. The lowest BCUT2D eigenvalue weighted by atomic mass is 9.62. The van der Waals surface area contributed by atoms with Crippen molar-refractivity contribution in [2.45, 2.75) is 37.5 Å².